The van der Waals surface area contributed by atoms with E-state index in [4.69, 9.17) is 0 Å². The first kappa shape index (κ1) is 13.8. The lowest BCUT2D eigenvalue weighted by Crippen LogP contribution is -2.45. The second-order valence-corrected chi connectivity index (χ2v) is 6.10. The molecular formula is C14H26N2O2. The Bertz CT molecular complexity index is 286. The summed E-state index contributed by atoms with van der Waals surface area (Å²) in [6, 6.07) is 0. The first-order valence-electron chi connectivity index (χ1n) is 7.31. The third kappa shape index (κ3) is 3.45. The lowest BCUT2D eigenvalue weighted by molar-refractivity contribution is -0.126. The van der Waals surface area contributed by atoms with Gasteiger partial charge >= 0.3 is 0 Å². The van der Waals surface area contributed by atoms with E-state index in [1.165, 1.54) is 12.8 Å². The predicted molar refractivity (Wildman–Crippen MR) is 71.2 cm³/mol. The van der Waals surface area contributed by atoms with Crippen molar-refractivity contribution in [1.29, 1.82) is 0 Å². The average Bonchev–Trinajstić information content (AvgIpc) is 2.65. The van der Waals surface area contributed by atoms with E-state index < -0.39 is 5.60 Å². The van der Waals surface area contributed by atoms with Crippen LogP contribution in [0.15, 0.2) is 0 Å². The Morgan fingerprint density at radius 2 is 1.94 bits per heavy atom. The zero-order chi connectivity index (χ0) is 13.0. The lowest BCUT2D eigenvalue weighted by Gasteiger charge is -2.27. The van der Waals surface area contributed by atoms with Gasteiger partial charge in [0.2, 0.25) is 5.91 Å². The van der Waals surface area contributed by atoms with Crippen LogP contribution in [-0.4, -0.2) is 36.2 Å². The molecule has 0 bridgehead atoms. The molecule has 1 amide bonds. The Morgan fingerprint density at radius 1 is 1.28 bits per heavy atom. The molecule has 4 nitrogen and oxygen atoms in total. The largest absolute Gasteiger partial charge is 0.388 e. The number of aliphatic hydroxyl groups is 1. The quantitative estimate of drug-likeness (QED) is 0.660. The summed E-state index contributed by atoms with van der Waals surface area (Å²) in [5.41, 5.74) is -0.665. The highest BCUT2D eigenvalue weighted by molar-refractivity contribution is 5.79. The van der Waals surface area contributed by atoms with Crippen molar-refractivity contribution in [3.63, 3.8) is 0 Å². The Hall–Kier alpha value is -0.610. The van der Waals surface area contributed by atoms with Crippen molar-refractivity contribution in [3.05, 3.63) is 0 Å². The molecule has 2 unspecified atom stereocenters. The minimum atomic E-state index is -0.665. The molecule has 0 spiro atoms. The van der Waals surface area contributed by atoms with Crippen LogP contribution in [0.2, 0.25) is 0 Å². The van der Waals surface area contributed by atoms with Gasteiger partial charge in [-0.15, -0.1) is 0 Å². The molecule has 4 heteroatoms. The molecule has 2 atom stereocenters. The number of nitrogens with one attached hydrogen (secondary N) is 2. The Balaban J connectivity index is 1.80. The van der Waals surface area contributed by atoms with Crippen LogP contribution >= 0.6 is 0 Å². The molecule has 1 heterocycles. The second-order valence-electron chi connectivity index (χ2n) is 6.10. The van der Waals surface area contributed by atoms with E-state index in [1.54, 1.807) is 0 Å². The lowest BCUT2D eigenvalue weighted by atomic mass is 9.93. The zero-order valence-electron chi connectivity index (χ0n) is 11.4. The highest BCUT2D eigenvalue weighted by atomic mass is 16.3. The van der Waals surface area contributed by atoms with Crippen LogP contribution in [0.5, 0.6) is 0 Å². The van der Waals surface area contributed by atoms with E-state index in [0.29, 0.717) is 12.5 Å². The molecule has 104 valence electrons. The summed E-state index contributed by atoms with van der Waals surface area (Å²) in [6.07, 6.45) is 6.22. The fourth-order valence-corrected chi connectivity index (χ4v) is 3.11. The van der Waals surface area contributed by atoms with E-state index in [0.717, 1.165) is 38.8 Å². The van der Waals surface area contributed by atoms with Gasteiger partial charge in [0.1, 0.15) is 0 Å². The van der Waals surface area contributed by atoms with Crippen molar-refractivity contribution in [2.75, 3.05) is 19.6 Å². The summed E-state index contributed by atoms with van der Waals surface area (Å²) < 4.78 is 0. The number of rotatable bonds is 3. The summed E-state index contributed by atoms with van der Waals surface area (Å²) >= 11 is 0. The van der Waals surface area contributed by atoms with Gasteiger partial charge in [0.25, 0.3) is 0 Å². The second kappa shape index (κ2) is 6.02. The maximum atomic E-state index is 12.1. The molecule has 1 aliphatic heterocycles. The van der Waals surface area contributed by atoms with Crippen molar-refractivity contribution in [2.24, 2.45) is 11.8 Å². The average molecular weight is 254 g/mol. The number of carbonyl (C=O) groups is 1. The predicted octanol–water partition coefficient (Wildman–Crippen LogP) is 1.04. The molecule has 2 fully saturated rings. The SMILES string of the molecule is CC1CNCC1C(=O)NCC1(O)CCCCCC1. The summed E-state index contributed by atoms with van der Waals surface area (Å²) in [7, 11) is 0. The molecule has 0 aromatic heterocycles. The molecule has 1 saturated carbocycles. The van der Waals surface area contributed by atoms with Gasteiger partial charge in [0, 0.05) is 13.1 Å². The van der Waals surface area contributed by atoms with Gasteiger partial charge in [-0.25, -0.2) is 0 Å². The van der Waals surface area contributed by atoms with Crippen LogP contribution in [0.4, 0.5) is 0 Å². The molecular weight excluding hydrogens is 228 g/mol. The first-order valence-corrected chi connectivity index (χ1v) is 7.31. The fourth-order valence-electron chi connectivity index (χ4n) is 3.11. The molecule has 18 heavy (non-hydrogen) atoms. The molecule has 0 aromatic rings. The van der Waals surface area contributed by atoms with Crippen molar-refractivity contribution in [2.45, 2.75) is 51.0 Å². The third-order valence-electron chi connectivity index (χ3n) is 4.48. The Morgan fingerprint density at radius 3 is 2.50 bits per heavy atom. The van der Waals surface area contributed by atoms with Gasteiger partial charge in [0.15, 0.2) is 0 Å². The number of hydrogen-bond acceptors (Lipinski definition) is 3. The summed E-state index contributed by atoms with van der Waals surface area (Å²) in [4.78, 5) is 12.1. The zero-order valence-corrected chi connectivity index (χ0v) is 11.4. The van der Waals surface area contributed by atoms with Gasteiger partial charge in [-0.3, -0.25) is 4.79 Å². The third-order valence-corrected chi connectivity index (χ3v) is 4.48. The number of amides is 1. The van der Waals surface area contributed by atoms with Gasteiger partial charge in [-0.05, 0) is 25.3 Å². The summed E-state index contributed by atoms with van der Waals surface area (Å²) in [6.45, 7) is 4.22. The Kier molecular flexibility index (Phi) is 4.62. The Labute approximate surface area is 110 Å². The smallest absolute Gasteiger partial charge is 0.224 e. The highest BCUT2D eigenvalue weighted by Gasteiger charge is 2.32. The molecule has 2 aliphatic rings. The van der Waals surface area contributed by atoms with Crippen LogP contribution in [0, 0.1) is 11.8 Å². The summed E-state index contributed by atoms with van der Waals surface area (Å²) in [5, 5.41) is 16.7. The normalized spacial score (nSPS) is 31.9. The van der Waals surface area contributed by atoms with E-state index >= 15 is 0 Å². The monoisotopic (exact) mass is 254 g/mol. The summed E-state index contributed by atoms with van der Waals surface area (Å²) in [5.74, 6) is 0.568. The maximum Gasteiger partial charge on any atom is 0.224 e. The fraction of sp³-hybridized carbons (Fsp3) is 0.929. The van der Waals surface area contributed by atoms with Crippen LogP contribution in [-0.2, 0) is 4.79 Å². The van der Waals surface area contributed by atoms with Crippen molar-refractivity contribution in [1.82, 2.24) is 10.6 Å². The molecule has 3 N–H and O–H groups in total. The molecule has 0 radical (unpaired) electrons. The van der Waals surface area contributed by atoms with Gasteiger partial charge in [-0.1, -0.05) is 32.6 Å². The van der Waals surface area contributed by atoms with E-state index in [2.05, 4.69) is 17.6 Å². The molecule has 1 aliphatic carbocycles. The van der Waals surface area contributed by atoms with Gasteiger partial charge < -0.3 is 15.7 Å². The highest BCUT2D eigenvalue weighted by Crippen LogP contribution is 2.26. The van der Waals surface area contributed by atoms with E-state index in [-0.39, 0.29) is 11.8 Å². The molecule has 1 saturated heterocycles. The van der Waals surface area contributed by atoms with Gasteiger partial charge in [0.05, 0.1) is 11.5 Å². The van der Waals surface area contributed by atoms with Crippen LogP contribution in [0.1, 0.15) is 45.4 Å². The van der Waals surface area contributed by atoms with Crippen molar-refractivity contribution < 1.29 is 9.90 Å². The molecule has 0 aromatic carbocycles. The maximum absolute atomic E-state index is 12.1. The van der Waals surface area contributed by atoms with E-state index in [1.807, 2.05) is 0 Å². The van der Waals surface area contributed by atoms with Crippen LogP contribution in [0.25, 0.3) is 0 Å². The minimum Gasteiger partial charge on any atom is -0.388 e. The van der Waals surface area contributed by atoms with Gasteiger partial charge in [-0.2, -0.15) is 0 Å². The van der Waals surface area contributed by atoms with Crippen molar-refractivity contribution >= 4 is 5.91 Å². The van der Waals surface area contributed by atoms with Crippen molar-refractivity contribution in [3.8, 4) is 0 Å². The number of carbonyl (C=O) groups excluding carboxylic acids is 1. The van der Waals surface area contributed by atoms with Crippen LogP contribution < -0.4 is 10.6 Å². The minimum absolute atomic E-state index is 0.0689. The first-order chi connectivity index (χ1) is 8.61. The topological polar surface area (TPSA) is 61.4 Å². The van der Waals surface area contributed by atoms with E-state index in [9.17, 15) is 9.90 Å². The standard InChI is InChI=1S/C14H26N2O2/c1-11-8-15-9-12(11)13(17)16-10-14(18)6-4-2-3-5-7-14/h11-12,15,18H,2-10H2,1H3,(H,16,17). The number of hydrogen-bond donors (Lipinski definition) is 3. The molecule has 2 rings (SSSR count). The van der Waals surface area contributed by atoms with Crippen LogP contribution in [0.3, 0.4) is 0 Å².